The van der Waals surface area contributed by atoms with Gasteiger partial charge in [-0.3, -0.25) is 4.98 Å². The molecule has 2 aromatic rings. The molecule has 0 aliphatic heterocycles. The first-order chi connectivity index (χ1) is 8.66. The minimum Gasteiger partial charge on any atom is -0.396 e. The number of hydrogen-bond donors (Lipinski definition) is 1. The molecule has 2 heterocycles. The zero-order chi connectivity index (χ0) is 13.0. The molecule has 2 aromatic heterocycles. The van der Waals surface area contributed by atoms with Gasteiger partial charge in [0.05, 0.1) is 5.69 Å². The van der Waals surface area contributed by atoms with Crippen LogP contribution >= 0.6 is 15.9 Å². The van der Waals surface area contributed by atoms with Gasteiger partial charge in [-0.2, -0.15) is 0 Å². The highest BCUT2D eigenvalue weighted by atomic mass is 79.9. The molecule has 0 saturated heterocycles. The summed E-state index contributed by atoms with van der Waals surface area (Å²) in [5, 5.41) is 0. The first-order valence-corrected chi connectivity index (χ1v) is 6.47. The first-order valence-electron chi connectivity index (χ1n) is 5.68. The highest BCUT2D eigenvalue weighted by Crippen LogP contribution is 2.22. The van der Waals surface area contributed by atoms with Crippen molar-refractivity contribution in [3.63, 3.8) is 0 Å². The Morgan fingerprint density at radius 3 is 2.72 bits per heavy atom. The van der Waals surface area contributed by atoms with Crippen molar-refractivity contribution < 1.29 is 0 Å². The summed E-state index contributed by atoms with van der Waals surface area (Å²) in [5.41, 5.74) is 7.89. The molecule has 0 atom stereocenters. The van der Waals surface area contributed by atoms with Gasteiger partial charge in [0.1, 0.15) is 0 Å². The predicted molar refractivity (Wildman–Crippen MR) is 77.6 cm³/mol. The van der Waals surface area contributed by atoms with E-state index in [2.05, 4.69) is 30.8 Å². The molecule has 0 amide bonds. The average molecular weight is 307 g/mol. The lowest BCUT2D eigenvalue weighted by Crippen LogP contribution is -2.22. The van der Waals surface area contributed by atoms with E-state index >= 15 is 0 Å². The number of likely N-dealkylation sites (N-methyl/N-ethyl adjacent to an activating group) is 1. The van der Waals surface area contributed by atoms with E-state index in [9.17, 15) is 0 Å². The molecule has 4 nitrogen and oxygen atoms in total. The summed E-state index contributed by atoms with van der Waals surface area (Å²) in [6.45, 7) is 0.864. The summed E-state index contributed by atoms with van der Waals surface area (Å²) in [7, 11) is 1.99. The van der Waals surface area contributed by atoms with Crippen LogP contribution in [0.2, 0.25) is 0 Å². The summed E-state index contributed by atoms with van der Waals surface area (Å²) in [6, 6.07) is 5.91. The van der Waals surface area contributed by atoms with Crippen LogP contribution in [0.1, 0.15) is 5.56 Å². The van der Waals surface area contributed by atoms with E-state index in [1.54, 1.807) is 6.20 Å². The van der Waals surface area contributed by atoms with E-state index in [-0.39, 0.29) is 0 Å². The normalized spacial score (nSPS) is 10.3. The van der Waals surface area contributed by atoms with Crippen molar-refractivity contribution in [3.8, 4) is 0 Å². The van der Waals surface area contributed by atoms with E-state index in [0.29, 0.717) is 5.69 Å². The number of nitrogen functional groups attached to an aromatic ring is 1. The Hall–Kier alpha value is -1.62. The van der Waals surface area contributed by atoms with Crippen LogP contribution in [0.4, 0.5) is 11.5 Å². The van der Waals surface area contributed by atoms with Crippen molar-refractivity contribution in [2.75, 3.05) is 24.2 Å². The molecule has 5 heteroatoms. The van der Waals surface area contributed by atoms with Crippen LogP contribution in [-0.4, -0.2) is 23.6 Å². The number of nitrogens with two attached hydrogens (primary N) is 1. The average Bonchev–Trinajstić information content (AvgIpc) is 2.37. The molecule has 2 N–H and O–H groups in total. The summed E-state index contributed by atoms with van der Waals surface area (Å²) in [4.78, 5) is 10.4. The maximum absolute atomic E-state index is 5.95. The molecule has 0 aromatic carbocycles. The smallest absolute Gasteiger partial charge is 0.151 e. The van der Waals surface area contributed by atoms with Gasteiger partial charge in [0, 0.05) is 36.7 Å². The van der Waals surface area contributed by atoms with Gasteiger partial charge in [-0.25, -0.2) is 4.98 Å². The van der Waals surface area contributed by atoms with Gasteiger partial charge in [-0.1, -0.05) is 0 Å². The van der Waals surface area contributed by atoms with Gasteiger partial charge >= 0.3 is 0 Å². The third-order valence-corrected chi connectivity index (χ3v) is 3.14. The van der Waals surface area contributed by atoms with Crippen LogP contribution in [0.3, 0.4) is 0 Å². The van der Waals surface area contributed by atoms with Crippen molar-refractivity contribution in [2.24, 2.45) is 0 Å². The Kier molecular flexibility index (Phi) is 4.15. The molecule has 0 fully saturated rings. The summed E-state index contributed by atoms with van der Waals surface area (Å²) in [6.07, 6.45) is 6.31. The molecule has 0 unspecified atom stereocenters. The number of halogens is 1. The topological polar surface area (TPSA) is 55.0 Å². The van der Waals surface area contributed by atoms with Gasteiger partial charge in [-0.15, -0.1) is 0 Å². The second kappa shape index (κ2) is 5.82. The fourth-order valence-electron chi connectivity index (χ4n) is 1.72. The lowest BCUT2D eigenvalue weighted by atomic mass is 10.2. The minimum absolute atomic E-state index is 0.682. The Bertz CT molecular complexity index is 516. The number of pyridine rings is 2. The van der Waals surface area contributed by atoms with Crippen molar-refractivity contribution in [1.82, 2.24) is 9.97 Å². The Balaban J connectivity index is 2.01. The molecule has 0 bridgehead atoms. The molecule has 0 aliphatic carbocycles. The first kappa shape index (κ1) is 12.8. The van der Waals surface area contributed by atoms with Gasteiger partial charge in [-0.05, 0) is 46.1 Å². The summed E-state index contributed by atoms with van der Waals surface area (Å²) < 4.78 is 0.895. The molecule has 18 heavy (non-hydrogen) atoms. The largest absolute Gasteiger partial charge is 0.396 e. The van der Waals surface area contributed by atoms with Gasteiger partial charge in [0.25, 0.3) is 0 Å². The van der Waals surface area contributed by atoms with E-state index in [1.807, 2.05) is 37.6 Å². The Morgan fingerprint density at radius 1 is 1.33 bits per heavy atom. The quantitative estimate of drug-likeness (QED) is 0.943. The molecule has 94 valence electrons. The van der Waals surface area contributed by atoms with Crippen LogP contribution in [0.25, 0.3) is 0 Å². The lowest BCUT2D eigenvalue weighted by Gasteiger charge is -2.19. The maximum Gasteiger partial charge on any atom is 0.151 e. The number of anilines is 2. The zero-order valence-electron chi connectivity index (χ0n) is 10.2. The molecule has 0 radical (unpaired) electrons. The van der Waals surface area contributed by atoms with Gasteiger partial charge in [0.15, 0.2) is 5.82 Å². The summed E-state index contributed by atoms with van der Waals surface area (Å²) >= 11 is 3.35. The van der Waals surface area contributed by atoms with E-state index in [4.69, 9.17) is 5.73 Å². The van der Waals surface area contributed by atoms with Crippen LogP contribution < -0.4 is 10.6 Å². The predicted octanol–water partition coefficient (Wildman–Crippen LogP) is 2.50. The number of nitrogens with zero attached hydrogens (tertiary/aromatic N) is 3. The lowest BCUT2D eigenvalue weighted by molar-refractivity contribution is 0.859. The Labute approximate surface area is 115 Å². The second-order valence-corrected chi connectivity index (χ2v) is 5.01. The van der Waals surface area contributed by atoms with Crippen LogP contribution in [0, 0.1) is 0 Å². The van der Waals surface area contributed by atoms with Crippen molar-refractivity contribution in [3.05, 3.63) is 46.8 Å². The highest BCUT2D eigenvalue weighted by Gasteiger charge is 2.07. The molecule has 0 spiro atoms. The molecule has 0 saturated carbocycles. The van der Waals surface area contributed by atoms with Crippen molar-refractivity contribution >= 4 is 27.4 Å². The highest BCUT2D eigenvalue weighted by molar-refractivity contribution is 9.10. The second-order valence-electron chi connectivity index (χ2n) is 4.09. The SMILES string of the molecule is CN(CCc1ccncc1)c1ncc(Br)cc1N. The fraction of sp³-hybridized carbons (Fsp3) is 0.231. The number of aromatic nitrogens is 2. The fourth-order valence-corrected chi connectivity index (χ4v) is 2.07. The molecular weight excluding hydrogens is 292 g/mol. The van der Waals surface area contributed by atoms with Crippen molar-refractivity contribution in [2.45, 2.75) is 6.42 Å². The minimum atomic E-state index is 0.682. The van der Waals surface area contributed by atoms with Gasteiger partial charge < -0.3 is 10.6 Å². The third kappa shape index (κ3) is 3.20. The number of rotatable bonds is 4. The monoisotopic (exact) mass is 306 g/mol. The van der Waals surface area contributed by atoms with E-state index in [1.165, 1.54) is 5.56 Å². The van der Waals surface area contributed by atoms with Crippen LogP contribution in [-0.2, 0) is 6.42 Å². The number of hydrogen-bond acceptors (Lipinski definition) is 4. The maximum atomic E-state index is 5.95. The van der Waals surface area contributed by atoms with Crippen LogP contribution in [0.15, 0.2) is 41.3 Å². The van der Waals surface area contributed by atoms with Gasteiger partial charge in [0.2, 0.25) is 0 Å². The summed E-state index contributed by atoms with van der Waals surface area (Å²) in [5.74, 6) is 0.812. The van der Waals surface area contributed by atoms with E-state index < -0.39 is 0 Å². The standard InChI is InChI=1S/C13H15BrN4/c1-18(7-4-10-2-5-16-6-3-10)13-12(15)8-11(14)9-17-13/h2-3,5-6,8-9H,4,7,15H2,1H3. The Morgan fingerprint density at radius 2 is 2.06 bits per heavy atom. The van der Waals surface area contributed by atoms with Crippen LogP contribution in [0.5, 0.6) is 0 Å². The van der Waals surface area contributed by atoms with Crippen molar-refractivity contribution in [1.29, 1.82) is 0 Å². The zero-order valence-corrected chi connectivity index (χ0v) is 11.8. The third-order valence-electron chi connectivity index (χ3n) is 2.71. The molecular formula is C13H15BrN4. The molecule has 2 rings (SSSR count). The molecule has 0 aliphatic rings. The van der Waals surface area contributed by atoms with E-state index in [0.717, 1.165) is 23.3 Å².